The van der Waals surface area contributed by atoms with Gasteiger partial charge in [0.25, 0.3) is 0 Å². The fourth-order valence-corrected chi connectivity index (χ4v) is 3.02. The number of hydrogen-bond donors (Lipinski definition) is 1. The van der Waals surface area contributed by atoms with Crippen molar-refractivity contribution in [1.29, 1.82) is 0 Å². The molecule has 0 aromatic heterocycles. The molecule has 1 saturated heterocycles. The van der Waals surface area contributed by atoms with Gasteiger partial charge in [0.15, 0.2) is 0 Å². The van der Waals surface area contributed by atoms with Gasteiger partial charge in [-0.15, -0.1) is 0 Å². The molecule has 1 aliphatic rings. The van der Waals surface area contributed by atoms with E-state index in [-0.39, 0.29) is 11.8 Å². The van der Waals surface area contributed by atoms with Gasteiger partial charge in [0.05, 0.1) is 5.92 Å². The quantitative estimate of drug-likeness (QED) is 0.927. The van der Waals surface area contributed by atoms with Crippen molar-refractivity contribution in [3.05, 3.63) is 35.4 Å². The van der Waals surface area contributed by atoms with E-state index in [0.717, 1.165) is 18.4 Å². The molecule has 0 aliphatic carbocycles. The van der Waals surface area contributed by atoms with Crippen molar-refractivity contribution < 1.29 is 14.7 Å². The van der Waals surface area contributed by atoms with Crippen molar-refractivity contribution in [2.45, 2.75) is 39.2 Å². The van der Waals surface area contributed by atoms with Gasteiger partial charge in [-0.1, -0.05) is 38.1 Å². The number of piperidine rings is 1. The summed E-state index contributed by atoms with van der Waals surface area (Å²) in [5.74, 6) is 0.302. The third kappa shape index (κ3) is 4.47. The number of carbonyl (C=O) groups is 2. The second-order valence-corrected chi connectivity index (χ2v) is 6.66. The van der Waals surface area contributed by atoms with Crippen LogP contribution in [0.1, 0.15) is 43.7 Å². The molecule has 1 fully saturated rings. The molecule has 1 aromatic rings. The number of carbonyl (C=O) groups excluding carboxylic acids is 1. The molecule has 0 saturated carbocycles. The average molecular weight is 318 g/mol. The van der Waals surface area contributed by atoms with Gasteiger partial charge in [0.2, 0.25) is 5.91 Å². The normalized spacial score (nSPS) is 18.1. The number of nitrogens with zero attached hydrogens (tertiary/aromatic N) is 2. The zero-order chi connectivity index (χ0) is 17.0. The third-order valence-electron chi connectivity index (χ3n) is 4.48. The van der Waals surface area contributed by atoms with Crippen molar-refractivity contribution in [1.82, 2.24) is 9.80 Å². The Kier molecular flexibility index (Phi) is 5.64. The first-order valence-corrected chi connectivity index (χ1v) is 8.20. The van der Waals surface area contributed by atoms with Crippen LogP contribution in [0.2, 0.25) is 0 Å². The molecule has 2 rings (SSSR count). The van der Waals surface area contributed by atoms with Crippen LogP contribution in [0.4, 0.5) is 4.79 Å². The van der Waals surface area contributed by atoms with Gasteiger partial charge < -0.3 is 14.9 Å². The third-order valence-corrected chi connectivity index (χ3v) is 4.48. The summed E-state index contributed by atoms with van der Waals surface area (Å²) in [4.78, 5) is 26.7. The van der Waals surface area contributed by atoms with Crippen LogP contribution >= 0.6 is 0 Å². The molecular weight excluding hydrogens is 292 g/mol. The van der Waals surface area contributed by atoms with E-state index < -0.39 is 6.09 Å². The molecule has 0 spiro atoms. The summed E-state index contributed by atoms with van der Waals surface area (Å²) in [6, 6.07) is 8.32. The molecule has 1 atom stereocenters. The lowest BCUT2D eigenvalue weighted by molar-refractivity contribution is -0.136. The Morgan fingerprint density at radius 3 is 2.52 bits per heavy atom. The summed E-state index contributed by atoms with van der Waals surface area (Å²) in [6.45, 7) is 5.70. The second-order valence-electron chi connectivity index (χ2n) is 6.66. The minimum absolute atomic E-state index is 0.0314. The van der Waals surface area contributed by atoms with Crippen LogP contribution in [0.25, 0.3) is 0 Å². The minimum Gasteiger partial charge on any atom is -0.465 e. The first-order chi connectivity index (χ1) is 10.9. The molecule has 5 nitrogen and oxygen atoms in total. The maximum Gasteiger partial charge on any atom is 0.407 e. The van der Waals surface area contributed by atoms with Crippen LogP contribution in [0.5, 0.6) is 0 Å². The maximum absolute atomic E-state index is 12.6. The van der Waals surface area contributed by atoms with Gasteiger partial charge in [0.1, 0.15) is 0 Å². The Labute approximate surface area is 137 Å². The molecule has 2 amide bonds. The Balaban J connectivity index is 1.95. The lowest BCUT2D eigenvalue weighted by atomic mass is 9.96. The van der Waals surface area contributed by atoms with E-state index in [2.05, 4.69) is 38.1 Å². The predicted octanol–water partition coefficient (Wildman–Crippen LogP) is 3.16. The molecule has 0 bridgehead atoms. The number of hydrogen-bond acceptors (Lipinski definition) is 2. The average Bonchev–Trinajstić information content (AvgIpc) is 2.54. The monoisotopic (exact) mass is 318 g/mol. The fourth-order valence-electron chi connectivity index (χ4n) is 3.02. The molecular formula is C18H26N2O3. The SMILES string of the molecule is CC(C)c1ccc(CN(C)C(=O)C2CCCN(C(=O)O)C2)cc1. The van der Waals surface area contributed by atoms with Gasteiger partial charge in [0, 0.05) is 26.7 Å². The molecule has 0 radical (unpaired) electrons. The number of amides is 2. The Hall–Kier alpha value is -2.04. The van der Waals surface area contributed by atoms with E-state index >= 15 is 0 Å². The van der Waals surface area contributed by atoms with Crippen LogP contribution in [0.3, 0.4) is 0 Å². The topological polar surface area (TPSA) is 60.9 Å². The molecule has 1 aliphatic heterocycles. The highest BCUT2D eigenvalue weighted by atomic mass is 16.4. The maximum atomic E-state index is 12.6. The van der Waals surface area contributed by atoms with Gasteiger partial charge >= 0.3 is 6.09 Å². The summed E-state index contributed by atoms with van der Waals surface area (Å²) in [6.07, 6.45) is 0.577. The molecule has 1 heterocycles. The summed E-state index contributed by atoms with van der Waals surface area (Å²) < 4.78 is 0. The molecule has 1 aromatic carbocycles. The second kappa shape index (κ2) is 7.49. The minimum atomic E-state index is -0.936. The van der Waals surface area contributed by atoms with Crippen molar-refractivity contribution >= 4 is 12.0 Å². The van der Waals surface area contributed by atoms with E-state index in [1.165, 1.54) is 10.5 Å². The van der Waals surface area contributed by atoms with Crippen molar-refractivity contribution in [3.63, 3.8) is 0 Å². The number of rotatable bonds is 4. The van der Waals surface area contributed by atoms with Crippen LogP contribution in [0, 0.1) is 5.92 Å². The van der Waals surface area contributed by atoms with Crippen molar-refractivity contribution in [2.75, 3.05) is 20.1 Å². The Bertz CT molecular complexity index is 554. The predicted molar refractivity (Wildman–Crippen MR) is 89.3 cm³/mol. The van der Waals surface area contributed by atoms with Gasteiger partial charge in [-0.05, 0) is 29.9 Å². The lowest BCUT2D eigenvalue weighted by Crippen LogP contribution is -2.45. The highest BCUT2D eigenvalue weighted by molar-refractivity contribution is 5.79. The zero-order valence-electron chi connectivity index (χ0n) is 14.2. The summed E-state index contributed by atoms with van der Waals surface area (Å²) in [5.41, 5.74) is 2.38. The van der Waals surface area contributed by atoms with Crippen LogP contribution in [-0.4, -0.2) is 47.0 Å². The van der Waals surface area contributed by atoms with Crippen LogP contribution in [0.15, 0.2) is 24.3 Å². The molecule has 23 heavy (non-hydrogen) atoms. The van der Waals surface area contributed by atoms with E-state index in [1.54, 1.807) is 11.9 Å². The molecule has 1 unspecified atom stereocenters. The number of carboxylic acid groups (broad SMARTS) is 1. The van der Waals surface area contributed by atoms with E-state index in [4.69, 9.17) is 5.11 Å². The van der Waals surface area contributed by atoms with E-state index in [0.29, 0.717) is 25.6 Å². The van der Waals surface area contributed by atoms with Crippen LogP contribution < -0.4 is 0 Å². The lowest BCUT2D eigenvalue weighted by Gasteiger charge is -2.32. The van der Waals surface area contributed by atoms with E-state index in [1.807, 2.05) is 0 Å². The van der Waals surface area contributed by atoms with Crippen LogP contribution in [-0.2, 0) is 11.3 Å². The van der Waals surface area contributed by atoms with Crippen molar-refractivity contribution in [2.24, 2.45) is 5.92 Å². The first kappa shape index (κ1) is 17.3. The number of benzene rings is 1. The Morgan fingerprint density at radius 1 is 1.30 bits per heavy atom. The van der Waals surface area contributed by atoms with Gasteiger partial charge in [-0.25, -0.2) is 4.79 Å². The fraction of sp³-hybridized carbons (Fsp3) is 0.556. The van der Waals surface area contributed by atoms with Gasteiger partial charge in [-0.3, -0.25) is 4.79 Å². The molecule has 5 heteroatoms. The smallest absolute Gasteiger partial charge is 0.407 e. The summed E-state index contributed by atoms with van der Waals surface area (Å²) in [5, 5.41) is 9.08. The first-order valence-electron chi connectivity index (χ1n) is 8.20. The van der Waals surface area contributed by atoms with Gasteiger partial charge in [-0.2, -0.15) is 0 Å². The van der Waals surface area contributed by atoms with E-state index in [9.17, 15) is 9.59 Å². The Morgan fingerprint density at radius 2 is 1.96 bits per heavy atom. The number of likely N-dealkylation sites (tertiary alicyclic amines) is 1. The molecule has 1 N–H and O–H groups in total. The molecule has 126 valence electrons. The standard InChI is InChI=1S/C18H26N2O3/c1-13(2)15-8-6-14(7-9-15)11-19(3)17(21)16-5-4-10-20(12-16)18(22)23/h6-9,13,16H,4-5,10-12H2,1-3H3,(H,22,23). The van der Waals surface area contributed by atoms with Crippen molar-refractivity contribution in [3.8, 4) is 0 Å². The zero-order valence-corrected chi connectivity index (χ0v) is 14.2. The summed E-state index contributed by atoms with van der Waals surface area (Å²) >= 11 is 0. The highest BCUT2D eigenvalue weighted by Gasteiger charge is 2.29. The highest BCUT2D eigenvalue weighted by Crippen LogP contribution is 2.20. The summed E-state index contributed by atoms with van der Waals surface area (Å²) in [7, 11) is 1.79. The largest absolute Gasteiger partial charge is 0.465 e.